The molecule has 1 aliphatic carbocycles. The number of benzene rings is 2. The fourth-order valence-corrected chi connectivity index (χ4v) is 3.10. The van der Waals surface area contributed by atoms with Gasteiger partial charge in [-0.25, -0.2) is 0 Å². The Morgan fingerprint density at radius 2 is 1.93 bits per heavy atom. The molecule has 1 aliphatic rings. The van der Waals surface area contributed by atoms with Crippen molar-refractivity contribution in [2.45, 2.75) is 25.9 Å². The molecule has 27 heavy (non-hydrogen) atoms. The highest BCUT2D eigenvalue weighted by Crippen LogP contribution is 2.32. The smallest absolute Gasteiger partial charge is 0.226 e. The van der Waals surface area contributed by atoms with Crippen molar-refractivity contribution in [1.82, 2.24) is 10.1 Å². The fourth-order valence-electron chi connectivity index (χ4n) is 3.10. The van der Waals surface area contributed by atoms with Crippen LogP contribution in [-0.2, 0) is 17.9 Å². The quantitative estimate of drug-likeness (QED) is 0.629. The lowest BCUT2D eigenvalue weighted by molar-refractivity contribution is -0.133. The number of hydrogen-bond acceptors (Lipinski definition) is 4. The largest absolute Gasteiger partial charge is 0.497 e. The van der Waals surface area contributed by atoms with Crippen LogP contribution in [0.5, 0.6) is 5.75 Å². The zero-order chi connectivity index (χ0) is 18.6. The van der Waals surface area contributed by atoms with E-state index >= 15 is 0 Å². The Labute approximate surface area is 158 Å². The van der Waals surface area contributed by atoms with Crippen molar-refractivity contribution in [2.75, 3.05) is 7.11 Å². The number of carbonyl (C=O) groups is 1. The lowest BCUT2D eigenvalue weighted by Gasteiger charge is -2.21. The van der Waals surface area contributed by atoms with Crippen molar-refractivity contribution >= 4 is 5.91 Å². The van der Waals surface area contributed by atoms with Crippen LogP contribution in [0, 0.1) is 5.92 Å². The van der Waals surface area contributed by atoms with Gasteiger partial charge in [-0.2, -0.15) is 0 Å². The predicted octanol–water partition coefficient (Wildman–Crippen LogP) is 4.29. The number of ether oxygens (including phenoxy) is 1. The molecule has 0 N–H and O–H groups in total. The number of aromatic nitrogens is 1. The molecule has 2 aromatic carbocycles. The summed E-state index contributed by atoms with van der Waals surface area (Å²) in [6, 6.07) is 19.6. The van der Waals surface area contributed by atoms with E-state index in [1.165, 1.54) is 0 Å². The van der Waals surface area contributed by atoms with E-state index in [1.54, 1.807) is 7.11 Å². The number of carbonyl (C=O) groups excluding carboxylic acids is 1. The number of hydrogen-bond donors (Lipinski definition) is 0. The van der Waals surface area contributed by atoms with Crippen molar-refractivity contribution in [3.05, 3.63) is 71.9 Å². The first-order valence-electron chi connectivity index (χ1n) is 9.15. The monoisotopic (exact) mass is 362 g/mol. The Hall–Kier alpha value is -3.08. The number of methoxy groups -OCH3 is 1. The van der Waals surface area contributed by atoms with Gasteiger partial charge in [-0.05, 0) is 30.5 Å². The highest BCUT2D eigenvalue weighted by molar-refractivity contribution is 5.81. The molecule has 1 heterocycles. The van der Waals surface area contributed by atoms with Gasteiger partial charge in [-0.15, -0.1) is 0 Å². The molecule has 138 valence electrons. The van der Waals surface area contributed by atoms with Crippen LogP contribution >= 0.6 is 0 Å². The van der Waals surface area contributed by atoms with Crippen LogP contribution in [-0.4, -0.2) is 23.1 Å². The summed E-state index contributed by atoms with van der Waals surface area (Å²) in [5.41, 5.74) is 2.76. The maximum Gasteiger partial charge on any atom is 0.226 e. The average molecular weight is 362 g/mol. The highest BCUT2D eigenvalue weighted by atomic mass is 16.5. The molecule has 0 unspecified atom stereocenters. The minimum absolute atomic E-state index is 0.165. The fraction of sp³-hybridized carbons (Fsp3) is 0.273. The third-order valence-electron chi connectivity index (χ3n) is 4.72. The van der Waals surface area contributed by atoms with Crippen LogP contribution in [0.3, 0.4) is 0 Å². The second kappa shape index (κ2) is 7.66. The molecule has 0 aliphatic heterocycles. The second-order valence-corrected chi connectivity index (χ2v) is 6.87. The van der Waals surface area contributed by atoms with Gasteiger partial charge in [0.05, 0.1) is 13.7 Å². The number of amides is 1. The van der Waals surface area contributed by atoms with Crippen LogP contribution in [0.1, 0.15) is 24.1 Å². The maximum atomic E-state index is 12.7. The molecule has 0 bridgehead atoms. The predicted molar refractivity (Wildman–Crippen MR) is 102 cm³/mol. The molecule has 1 amide bonds. The normalized spacial score (nSPS) is 13.4. The first kappa shape index (κ1) is 17.3. The molecule has 0 atom stereocenters. The van der Waals surface area contributed by atoms with Crippen molar-refractivity contribution in [3.8, 4) is 17.1 Å². The molecule has 0 radical (unpaired) electrons. The molecule has 5 nitrogen and oxygen atoms in total. The highest BCUT2D eigenvalue weighted by Gasteiger charge is 2.33. The zero-order valence-electron chi connectivity index (χ0n) is 15.3. The third-order valence-corrected chi connectivity index (χ3v) is 4.72. The Morgan fingerprint density at radius 1 is 1.11 bits per heavy atom. The SMILES string of the molecule is COc1cccc(-c2cc(CN(Cc3ccccc3)C(=O)C3CC3)no2)c1. The van der Waals surface area contributed by atoms with Crippen LogP contribution in [0.2, 0.25) is 0 Å². The van der Waals surface area contributed by atoms with Gasteiger partial charge >= 0.3 is 0 Å². The minimum atomic E-state index is 0.165. The molecule has 5 heteroatoms. The molecule has 3 aromatic rings. The summed E-state index contributed by atoms with van der Waals surface area (Å²) in [7, 11) is 1.63. The molecular weight excluding hydrogens is 340 g/mol. The van der Waals surface area contributed by atoms with Crippen molar-refractivity contribution < 1.29 is 14.1 Å². The lowest BCUT2D eigenvalue weighted by atomic mass is 10.1. The van der Waals surface area contributed by atoms with E-state index in [1.807, 2.05) is 65.6 Å². The third kappa shape index (κ3) is 4.19. The van der Waals surface area contributed by atoms with Crippen molar-refractivity contribution in [3.63, 3.8) is 0 Å². The lowest BCUT2D eigenvalue weighted by Crippen LogP contribution is -2.31. The first-order valence-corrected chi connectivity index (χ1v) is 9.15. The van der Waals surface area contributed by atoms with Gasteiger partial charge in [0.15, 0.2) is 5.76 Å². The van der Waals surface area contributed by atoms with E-state index in [0.29, 0.717) is 18.8 Å². The topological polar surface area (TPSA) is 55.6 Å². The van der Waals surface area contributed by atoms with Gasteiger partial charge in [0.25, 0.3) is 0 Å². The zero-order valence-corrected chi connectivity index (χ0v) is 15.3. The Morgan fingerprint density at radius 3 is 2.67 bits per heavy atom. The molecule has 1 saturated carbocycles. The number of nitrogens with zero attached hydrogens (tertiary/aromatic N) is 2. The van der Waals surface area contributed by atoms with E-state index in [4.69, 9.17) is 9.26 Å². The summed E-state index contributed by atoms with van der Waals surface area (Å²) in [6.45, 7) is 1.02. The van der Waals surface area contributed by atoms with E-state index in [-0.39, 0.29) is 11.8 Å². The van der Waals surface area contributed by atoms with Gasteiger partial charge < -0.3 is 14.2 Å². The van der Waals surface area contributed by atoms with Gasteiger partial charge in [0.2, 0.25) is 5.91 Å². The Balaban J connectivity index is 1.52. The molecule has 1 fully saturated rings. The summed E-state index contributed by atoms with van der Waals surface area (Å²) in [5, 5.41) is 4.18. The van der Waals surface area contributed by atoms with Gasteiger partial charge in [-0.1, -0.05) is 47.6 Å². The van der Waals surface area contributed by atoms with E-state index in [2.05, 4.69) is 5.16 Å². The van der Waals surface area contributed by atoms with Crippen LogP contribution in [0.4, 0.5) is 0 Å². The van der Waals surface area contributed by atoms with Gasteiger partial charge in [0.1, 0.15) is 11.4 Å². The van der Waals surface area contributed by atoms with E-state index in [9.17, 15) is 4.79 Å². The Bertz CT molecular complexity index is 916. The summed E-state index contributed by atoms with van der Waals surface area (Å²) in [4.78, 5) is 14.6. The molecule has 4 rings (SSSR count). The molecular formula is C22H22N2O3. The van der Waals surface area contributed by atoms with E-state index < -0.39 is 0 Å². The molecule has 0 saturated heterocycles. The Kier molecular flexibility index (Phi) is 4.92. The first-order chi connectivity index (χ1) is 13.2. The number of rotatable bonds is 7. The second-order valence-electron chi connectivity index (χ2n) is 6.87. The standard InChI is InChI=1S/C22H22N2O3/c1-26-20-9-5-8-18(12-20)21-13-19(23-27-21)15-24(22(25)17-10-11-17)14-16-6-3-2-4-7-16/h2-9,12-13,17H,10-11,14-15H2,1H3. The molecule has 1 aromatic heterocycles. The van der Waals surface area contributed by atoms with E-state index in [0.717, 1.165) is 35.4 Å². The minimum Gasteiger partial charge on any atom is -0.497 e. The summed E-state index contributed by atoms with van der Waals surface area (Å²) >= 11 is 0. The van der Waals surface area contributed by atoms with Crippen LogP contribution in [0.15, 0.2) is 65.2 Å². The summed E-state index contributed by atoms with van der Waals surface area (Å²) in [5.74, 6) is 1.80. The van der Waals surface area contributed by atoms with Crippen LogP contribution in [0.25, 0.3) is 11.3 Å². The summed E-state index contributed by atoms with van der Waals surface area (Å²) in [6.07, 6.45) is 1.97. The van der Waals surface area contributed by atoms with Gasteiger partial charge in [-0.3, -0.25) is 4.79 Å². The van der Waals surface area contributed by atoms with Gasteiger partial charge in [0, 0.05) is 24.1 Å². The maximum absolute atomic E-state index is 12.7. The van der Waals surface area contributed by atoms with Crippen molar-refractivity contribution in [1.29, 1.82) is 0 Å². The van der Waals surface area contributed by atoms with Crippen molar-refractivity contribution in [2.24, 2.45) is 5.92 Å². The average Bonchev–Trinajstić information content (AvgIpc) is 3.46. The van der Waals surface area contributed by atoms with Crippen LogP contribution < -0.4 is 4.74 Å². The molecule has 0 spiro atoms. The summed E-state index contributed by atoms with van der Waals surface area (Å²) < 4.78 is 10.8.